The third kappa shape index (κ3) is 2.67. The van der Waals surface area contributed by atoms with Crippen molar-refractivity contribution in [3.8, 4) is 5.75 Å². The Morgan fingerprint density at radius 1 is 1.53 bits per heavy atom. The van der Waals surface area contributed by atoms with E-state index in [0.717, 1.165) is 0 Å². The zero-order chi connectivity index (χ0) is 14.0. The van der Waals surface area contributed by atoms with Crippen LogP contribution in [0.2, 0.25) is 0 Å². The molecule has 6 heteroatoms. The lowest BCUT2D eigenvalue weighted by atomic mass is 10.1. The van der Waals surface area contributed by atoms with E-state index in [2.05, 4.69) is 5.16 Å². The fourth-order valence-electron chi connectivity index (χ4n) is 1.75. The largest absolute Gasteiger partial charge is 0.505 e. The molecule has 0 aliphatic heterocycles. The van der Waals surface area contributed by atoms with Crippen LogP contribution in [-0.4, -0.2) is 28.1 Å². The normalized spacial score (nSPS) is 10.4. The van der Waals surface area contributed by atoms with E-state index >= 15 is 0 Å². The van der Waals surface area contributed by atoms with Gasteiger partial charge in [-0.05, 0) is 19.1 Å². The molecule has 0 aliphatic carbocycles. The van der Waals surface area contributed by atoms with Gasteiger partial charge in [-0.1, -0.05) is 11.2 Å². The van der Waals surface area contributed by atoms with Crippen molar-refractivity contribution in [3.05, 3.63) is 41.3 Å². The van der Waals surface area contributed by atoms with Gasteiger partial charge in [0.15, 0.2) is 5.75 Å². The van der Waals surface area contributed by atoms with Crippen LogP contribution in [0, 0.1) is 6.92 Å². The second kappa shape index (κ2) is 5.01. The highest BCUT2D eigenvalue weighted by Crippen LogP contribution is 2.25. The standard InChI is InChI=1S/C13H15N3O3/c1-8-6-9(15-19-8)7-16(2)13(18)10-4-3-5-11(14)12(10)17/h3-6,17H,7,14H2,1-2H3. The number of para-hydroxylation sites is 1. The molecule has 0 aliphatic rings. The number of rotatable bonds is 3. The zero-order valence-corrected chi connectivity index (χ0v) is 10.8. The number of aromatic nitrogens is 1. The summed E-state index contributed by atoms with van der Waals surface area (Å²) in [6.45, 7) is 2.08. The number of carbonyl (C=O) groups excluding carboxylic acids is 1. The molecule has 0 unspecified atom stereocenters. The minimum absolute atomic E-state index is 0.169. The lowest BCUT2D eigenvalue weighted by Gasteiger charge is -2.16. The van der Waals surface area contributed by atoms with Crippen LogP contribution in [0.1, 0.15) is 21.8 Å². The molecule has 2 aromatic rings. The Kier molecular flexibility index (Phi) is 3.41. The summed E-state index contributed by atoms with van der Waals surface area (Å²) in [4.78, 5) is 13.6. The number of phenolic OH excluding ortho intramolecular Hbond substituents is 1. The third-order valence-electron chi connectivity index (χ3n) is 2.72. The first-order chi connectivity index (χ1) is 8.99. The first kappa shape index (κ1) is 12.9. The number of phenols is 1. The number of nitrogens with zero attached hydrogens (tertiary/aromatic N) is 2. The number of anilines is 1. The van der Waals surface area contributed by atoms with Gasteiger partial charge in [0.2, 0.25) is 0 Å². The molecule has 3 N–H and O–H groups in total. The summed E-state index contributed by atoms with van der Waals surface area (Å²) in [5, 5.41) is 13.6. The summed E-state index contributed by atoms with van der Waals surface area (Å²) < 4.78 is 4.94. The Hall–Kier alpha value is -2.50. The first-order valence-corrected chi connectivity index (χ1v) is 5.74. The molecule has 1 aromatic heterocycles. The molecular formula is C13H15N3O3. The summed E-state index contributed by atoms with van der Waals surface area (Å²) in [6.07, 6.45) is 0. The molecule has 1 amide bonds. The number of aryl methyl sites for hydroxylation is 1. The lowest BCUT2D eigenvalue weighted by molar-refractivity contribution is 0.0779. The van der Waals surface area contributed by atoms with Gasteiger partial charge in [-0.15, -0.1) is 0 Å². The number of carbonyl (C=O) groups is 1. The van der Waals surface area contributed by atoms with Crippen molar-refractivity contribution in [1.29, 1.82) is 0 Å². The Morgan fingerprint density at radius 3 is 2.89 bits per heavy atom. The molecule has 0 saturated carbocycles. The molecule has 19 heavy (non-hydrogen) atoms. The predicted octanol–water partition coefficient (Wildman–Crippen LogP) is 1.54. The molecule has 0 spiro atoms. The van der Waals surface area contributed by atoms with Crippen molar-refractivity contribution in [2.75, 3.05) is 12.8 Å². The number of aromatic hydroxyl groups is 1. The third-order valence-corrected chi connectivity index (χ3v) is 2.72. The van der Waals surface area contributed by atoms with Gasteiger partial charge >= 0.3 is 0 Å². The Bertz CT molecular complexity index is 607. The molecule has 100 valence electrons. The average molecular weight is 261 g/mol. The number of hydrogen-bond acceptors (Lipinski definition) is 5. The second-order valence-corrected chi connectivity index (χ2v) is 4.33. The smallest absolute Gasteiger partial charge is 0.257 e. The van der Waals surface area contributed by atoms with Crippen molar-refractivity contribution in [3.63, 3.8) is 0 Å². The van der Waals surface area contributed by atoms with Gasteiger partial charge in [0.05, 0.1) is 17.8 Å². The van der Waals surface area contributed by atoms with E-state index in [-0.39, 0.29) is 22.9 Å². The molecule has 1 aromatic carbocycles. The summed E-state index contributed by atoms with van der Waals surface area (Å²) in [7, 11) is 1.62. The zero-order valence-electron chi connectivity index (χ0n) is 10.8. The molecule has 0 saturated heterocycles. The van der Waals surface area contributed by atoms with Gasteiger partial charge in [-0.3, -0.25) is 4.79 Å². The van der Waals surface area contributed by atoms with Crippen LogP contribution in [0.5, 0.6) is 5.75 Å². The van der Waals surface area contributed by atoms with Crippen molar-refractivity contribution >= 4 is 11.6 Å². The maximum absolute atomic E-state index is 12.2. The van der Waals surface area contributed by atoms with Crippen molar-refractivity contribution in [2.45, 2.75) is 13.5 Å². The summed E-state index contributed by atoms with van der Waals surface area (Å²) in [5.41, 5.74) is 6.56. The van der Waals surface area contributed by atoms with Crippen LogP contribution in [0.15, 0.2) is 28.8 Å². The topological polar surface area (TPSA) is 92.6 Å². The molecule has 6 nitrogen and oxygen atoms in total. The minimum atomic E-state index is -0.328. The summed E-state index contributed by atoms with van der Waals surface area (Å²) in [5.74, 6) is 0.156. The molecule has 2 rings (SSSR count). The van der Waals surface area contributed by atoms with Crippen LogP contribution in [0.4, 0.5) is 5.69 Å². The molecule has 1 heterocycles. The van der Waals surface area contributed by atoms with Crippen LogP contribution in [-0.2, 0) is 6.54 Å². The Labute approximate surface area is 110 Å². The van der Waals surface area contributed by atoms with Gasteiger partial charge in [-0.2, -0.15) is 0 Å². The molecule has 0 bridgehead atoms. The first-order valence-electron chi connectivity index (χ1n) is 5.74. The summed E-state index contributed by atoms with van der Waals surface area (Å²) >= 11 is 0. The maximum atomic E-state index is 12.2. The van der Waals surface area contributed by atoms with E-state index in [1.165, 1.54) is 17.0 Å². The van der Waals surface area contributed by atoms with Crippen LogP contribution < -0.4 is 5.73 Å². The van der Waals surface area contributed by atoms with E-state index in [1.54, 1.807) is 26.1 Å². The molecule has 0 atom stereocenters. The van der Waals surface area contributed by atoms with Crippen molar-refractivity contribution in [2.24, 2.45) is 0 Å². The number of benzene rings is 1. The highest BCUT2D eigenvalue weighted by atomic mass is 16.5. The number of nitrogen functional groups attached to an aromatic ring is 1. The fraction of sp³-hybridized carbons (Fsp3) is 0.231. The molecular weight excluding hydrogens is 246 g/mol. The van der Waals surface area contributed by atoms with Crippen molar-refractivity contribution < 1.29 is 14.4 Å². The van der Waals surface area contributed by atoms with Gasteiger partial charge in [0.1, 0.15) is 11.5 Å². The van der Waals surface area contributed by atoms with E-state index in [4.69, 9.17) is 10.3 Å². The van der Waals surface area contributed by atoms with Gasteiger partial charge in [0.25, 0.3) is 5.91 Å². The number of hydrogen-bond donors (Lipinski definition) is 2. The predicted molar refractivity (Wildman–Crippen MR) is 69.6 cm³/mol. The van der Waals surface area contributed by atoms with E-state index in [1.807, 2.05) is 0 Å². The maximum Gasteiger partial charge on any atom is 0.257 e. The Morgan fingerprint density at radius 2 is 2.26 bits per heavy atom. The van der Waals surface area contributed by atoms with Gasteiger partial charge in [-0.25, -0.2) is 0 Å². The van der Waals surface area contributed by atoms with Crippen LogP contribution in [0.3, 0.4) is 0 Å². The quantitative estimate of drug-likeness (QED) is 0.645. The van der Waals surface area contributed by atoms with E-state index in [9.17, 15) is 9.90 Å². The SMILES string of the molecule is Cc1cc(CN(C)C(=O)c2cccc(N)c2O)no1. The lowest BCUT2D eigenvalue weighted by Crippen LogP contribution is -2.26. The van der Waals surface area contributed by atoms with Crippen LogP contribution in [0.25, 0.3) is 0 Å². The van der Waals surface area contributed by atoms with Gasteiger partial charge in [0, 0.05) is 13.1 Å². The molecule has 0 fully saturated rings. The van der Waals surface area contributed by atoms with Crippen LogP contribution >= 0.6 is 0 Å². The van der Waals surface area contributed by atoms with Gasteiger partial charge < -0.3 is 20.3 Å². The highest BCUT2D eigenvalue weighted by Gasteiger charge is 2.18. The van der Waals surface area contributed by atoms with Crippen molar-refractivity contribution in [1.82, 2.24) is 10.1 Å². The molecule has 0 radical (unpaired) electrons. The fourth-order valence-corrected chi connectivity index (χ4v) is 1.75. The Balaban J connectivity index is 2.17. The number of nitrogens with two attached hydrogens (primary N) is 1. The summed E-state index contributed by atoms with van der Waals surface area (Å²) in [6, 6.07) is 6.44. The van der Waals surface area contributed by atoms with E-state index in [0.29, 0.717) is 18.0 Å². The monoisotopic (exact) mass is 261 g/mol. The minimum Gasteiger partial charge on any atom is -0.505 e. The number of amides is 1. The average Bonchev–Trinajstić information content (AvgIpc) is 2.77. The second-order valence-electron chi connectivity index (χ2n) is 4.33. The van der Waals surface area contributed by atoms with E-state index < -0.39 is 0 Å². The highest BCUT2D eigenvalue weighted by molar-refractivity contribution is 5.98.